The fourth-order valence-corrected chi connectivity index (χ4v) is 3.98. The zero-order valence-electron chi connectivity index (χ0n) is 10.4. The number of hydrogen-bond donors (Lipinski definition) is 2. The quantitative estimate of drug-likeness (QED) is 0.779. The van der Waals surface area contributed by atoms with Crippen LogP contribution in [0.2, 0.25) is 0 Å². The lowest BCUT2D eigenvalue weighted by molar-refractivity contribution is 0.101. The van der Waals surface area contributed by atoms with E-state index in [4.69, 9.17) is 0 Å². The molecule has 0 amide bonds. The highest BCUT2D eigenvalue weighted by Gasteiger charge is 2.46. The highest BCUT2D eigenvalue weighted by Crippen LogP contribution is 2.48. The van der Waals surface area contributed by atoms with Gasteiger partial charge >= 0.3 is 0 Å². The van der Waals surface area contributed by atoms with Crippen molar-refractivity contribution in [2.24, 2.45) is 5.92 Å². The van der Waals surface area contributed by atoms with E-state index in [1.54, 1.807) is 6.07 Å². The maximum absolute atomic E-state index is 9.71. The first-order chi connectivity index (χ1) is 8.22. The summed E-state index contributed by atoms with van der Waals surface area (Å²) in [4.78, 5) is 0. The summed E-state index contributed by atoms with van der Waals surface area (Å²) >= 11 is 0. The van der Waals surface area contributed by atoms with Crippen molar-refractivity contribution in [1.29, 1.82) is 0 Å². The number of rotatable bonds is 1. The van der Waals surface area contributed by atoms with Gasteiger partial charge in [0.05, 0.1) is 0 Å². The highest BCUT2D eigenvalue weighted by atomic mass is 16.3. The summed E-state index contributed by atoms with van der Waals surface area (Å²) in [6, 6.07) is 8.60. The molecule has 1 aliphatic heterocycles. The Morgan fingerprint density at radius 2 is 2.24 bits per heavy atom. The number of piperidine rings is 1. The van der Waals surface area contributed by atoms with Gasteiger partial charge in [-0.1, -0.05) is 25.5 Å². The van der Waals surface area contributed by atoms with Crippen molar-refractivity contribution in [3.8, 4) is 5.75 Å². The number of fused-ring (bicyclic) bond motifs is 2. The minimum absolute atomic E-state index is 0.299. The molecule has 1 aromatic rings. The highest BCUT2D eigenvalue weighted by molar-refractivity contribution is 5.35. The summed E-state index contributed by atoms with van der Waals surface area (Å²) < 4.78 is 0. The van der Waals surface area contributed by atoms with E-state index in [2.05, 4.69) is 18.3 Å². The molecule has 2 aliphatic rings. The number of phenolic OH excluding ortho intramolecular Hbond substituents is 1. The van der Waals surface area contributed by atoms with Gasteiger partial charge in [-0.15, -0.1) is 0 Å². The van der Waals surface area contributed by atoms with Crippen molar-refractivity contribution in [1.82, 2.24) is 5.32 Å². The molecule has 2 unspecified atom stereocenters. The standard InChI is InChI=1S/C15H21NO/c1-11-14-6-3-7-15(11,8-9-16-14)12-4-2-5-13(17)10-12/h2,4-5,10-11,14,16-17H,3,6-9H2,1H3/t11-,14?,15?/m0/s1. The Kier molecular flexibility index (Phi) is 2.62. The maximum Gasteiger partial charge on any atom is 0.115 e. The summed E-state index contributed by atoms with van der Waals surface area (Å²) in [6.07, 6.45) is 5.09. The van der Waals surface area contributed by atoms with E-state index in [1.807, 2.05) is 12.1 Å². The first kappa shape index (κ1) is 11.1. The van der Waals surface area contributed by atoms with Gasteiger partial charge in [-0.05, 0) is 49.4 Å². The smallest absolute Gasteiger partial charge is 0.115 e. The van der Waals surface area contributed by atoms with Crippen LogP contribution in [0, 0.1) is 5.92 Å². The number of benzene rings is 1. The van der Waals surface area contributed by atoms with Crippen molar-refractivity contribution in [3.63, 3.8) is 0 Å². The van der Waals surface area contributed by atoms with Crippen LogP contribution in [-0.2, 0) is 5.41 Å². The van der Waals surface area contributed by atoms with Crippen LogP contribution in [0.25, 0.3) is 0 Å². The van der Waals surface area contributed by atoms with Crippen LogP contribution >= 0.6 is 0 Å². The second kappa shape index (κ2) is 4.02. The van der Waals surface area contributed by atoms with Crippen molar-refractivity contribution in [2.75, 3.05) is 6.54 Å². The summed E-state index contributed by atoms with van der Waals surface area (Å²) in [5.41, 5.74) is 1.64. The molecule has 2 heteroatoms. The molecule has 2 N–H and O–H groups in total. The molecule has 0 spiro atoms. The second-order valence-electron chi connectivity index (χ2n) is 5.70. The normalized spacial score (nSPS) is 36.8. The van der Waals surface area contributed by atoms with Gasteiger partial charge in [-0.25, -0.2) is 0 Å². The molecule has 2 bridgehead atoms. The Morgan fingerprint density at radius 1 is 1.35 bits per heavy atom. The van der Waals surface area contributed by atoms with E-state index in [9.17, 15) is 5.11 Å². The zero-order chi connectivity index (χ0) is 11.9. The van der Waals surface area contributed by atoms with Gasteiger partial charge < -0.3 is 10.4 Å². The Labute approximate surface area is 103 Å². The summed E-state index contributed by atoms with van der Waals surface area (Å²) in [7, 11) is 0. The van der Waals surface area contributed by atoms with Crippen molar-refractivity contribution >= 4 is 0 Å². The first-order valence-electron chi connectivity index (χ1n) is 6.75. The SMILES string of the molecule is C[C@H]1C2CCCC1(c1cccc(O)c1)CCN2. The lowest BCUT2D eigenvalue weighted by Crippen LogP contribution is -2.55. The van der Waals surface area contributed by atoms with Crippen LogP contribution in [0.15, 0.2) is 24.3 Å². The molecule has 0 radical (unpaired) electrons. The monoisotopic (exact) mass is 231 g/mol. The molecule has 0 aromatic heterocycles. The van der Waals surface area contributed by atoms with Gasteiger partial charge in [0.25, 0.3) is 0 Å². The third kappa shape index (κ3) is 1.66. The number of aromatic hydroxyl groups is 1. The van der Waals surface area contributed by atoms with E-state index >= 15 is 0 Å². The molecule has 3 atom stereocenters. The lowest BCUT2D eigenvalue weighted by Gasteiger charge is -2.51. The van der Waals surface area contributed by atoms with E-state index in [0.717, 1.165) is 6.54 Å². The summed E-state index contributed by atoms with van der Waals surface area (Å²) in [6.45, 7) is 3.49. The Hall–Kier alpha value is -1.02. The predicted molar refractivity (Wildman–Crippen MR) is 69.2 cm³/mol. The molecule has 1 aliphatic carbocycles. The fraction of sp³-hybridized carbons (Fsp3) is 0.600. The van der Waals surface area contributed by atoms with Crippen LogP contribution in [0.5, 0.6) is 5.75 Å². The molecule has 92 valence electrons. The third-order valence-electron chi connectivity index (χ3n) is 5.01. The molecule has 1 heterocycles. The number of nitrogens with one attached hydrogen (secondary N) is 1. The summed E-state index contributed by atoms with van der Waals surface area (Å²) in [5, 5.41) is 13.4. The first-order valence-corrected chi connectivity index (χ1v) is 6.75. The molecule has 1 saturated carbocycles. The van der Waals surface area contributed by atoms with Gasteiger partial charge in [0.1, 0.15) is 5.75 Å². The van der Waals surface area contributed by atoms with Gasteiger partial charge in [0, 0.05) is 11.5 Å². The van der Waals surface area contributed by atoms with Gasteiger partial charge in [0.2, 0.25) is 0 Å². The van der Waals surface area contributed by atoms with Crippen LogP contribution in [-0.4, -0.2) is 17.7 Å². The minimum atomic E-state index is 0.299. The Balaban J connectivity index is 2.03. The molecule has 2 fully saturated rings. The molecular weight excluding hydrogens is 210 g/mol. The lowest BCUT2D eigenvalue weighted by atomic mass is 9.58. The minimum Gasteiger partial charge on any atom is -0.508 e. The van der Waals surface area contributed by atoms with E-state index in [-0.39, 0.29) is 0 Å². The van der Waals surface area contributed by atoms with Crippen LogP contribution in [0.4, 0.5) is 0 Å². The maximum atomic E-state index is 9.71. The average molecular weight is 231 g/mol. The second-order valence-corrected chi connectivity index (χ2v) is 5.70. The van der Waals surface area contributed by atoms with E-state index in [0.29, 0.717) is 23.1 Å². The molecule has 1 aromatic carbocycles. The molecule has 2 nitrogen and oxygen atoms in total. The van der Waals surface area contributed by atoms with Crippen molar-refractivity contribution in [3.05, 3.63) is 29.8 Å². The van der Waals surface area contributed by atoms with Crippen molar-refractivity contribution in [2.45, 2.75) is 44.1 Å². The zero-order valence-corrected chi connectivity index (χ0v) is 10.4. The number of hydrogen-bond acceptors (Lipinski definition) is 2. The van der Waals surface area contributed by atoms with Crippen molar-refractivity contribution < 1.29 is 5.11 Å². The molecule has 17 heavy (non-hydrogen) atoms. The molecule has 3 rings (SSSR count). The number of phenols is 1. The van der Waals surface area contributed by atoms with Gasteiger partial charge in [-0.2, -0.15) is 0 Å². The van der Waals surface area contributed by atoms with E-state index in [1.165, 1.54) is 31.2 Å². The van der Waals surface area contributed by atoms with Gasteiger partial charge in [0.15, 0.2) is 0 Å². The van der Waals surface area contributed by atoms with E-state index < -0.39 is 0 Å². The van der Waals surface area contributed by atoms with Crippen LogP contribution in [0.1, 0.15) is 38.2 Å². The average Bonchev–Trinajstić information content (AvgIpc) is 2.29. The van der Waals surface area contributed by atoms with Crippen LogP contribution < -0.4 is 5.32 Å². The Morgan fingerprint density at radius 3 is 3.06 bits per heavy atom. The largest absolute Gasteiger partial charge is 0.508 e. The predicted octanol–water partition coefficient (Wildman–Crippen LogP) is 2.81. The van der Waals surface area contributed by atoms with Crippen LogP contribution in [0.3, 0.4) is 0 Å². The Bertz CT molecular complexity index is 405. The fourth-order valence-electron chi connectivity index (χ4n) is 3.98. The molecule has 1 saturated heterocycles. The third-order valence-corrected chi connectivity index (χ3v) is 5.01. The summed E-state index contributed by atoms with van der Waals surface area (Å²) in [5.74, 6) is 1.08. The topological polar surface area (TPSA) is 32.3 Å². The van der Waals surface area contributed by atoms with Gasteiger partial charge in [-0.3, -0.25) is 0 Å². The molecular formula is C15H21NO.